The lowest BCUT2D eigenvalue weighted by molar-refractivity contribution is 0.598. The summed E-state index contributed by atoms with van der Waals surface area (Å²) < 4.78 is 28.8. The molecule has 3 rings (SSSR count). The van der Waals surface area contributed by atoms with Crippen molar-refractivity contribution in [2.75, 3.05) is 0 Å². The highest BCUT2D eigenvalue weighted by Crippen LogP contribution is 2.15. The molecule has 0 unspecified atom stereocenters. The van der Waals surface area contributed by atoms with Crippen LogP contribution >= 0.6 is 0 Å². The molecule has 0 amide bonds. The molecule has 0 bridgehead atoms. The fourth-order valence-electron chi connectivity index (χ4n) is 3.51. The fraction of sp³-hybridized carbons (Fsp3) is 0.290. The van der Waals surface area contributed by atoms with Crippen LogP contribution in [0.25, 0.3) is 0 Å². The molecule has 168 valence electrons. The number of unbranched alkanes of at least 4 members (excludes halogenated alkanes) is 3. The molecule has 3 aromatic carbocycles. The molecule has 0 radical (unpaired) electrons. The molecule has 0 fully saturated rings. The standard InChI is InChI=1S/C31H30F2/c1-3-5-7-9-28-19-16-27(23-30(28)32)18-21-29-20-17-26(22-31(29)33)15-14-25-12-10-24(11-13-25)8-6-4-2/h10-13,16-17,19-20,22-23H,3-9H2,1-2H3. The van der Waals surface area contributed by atoms with Gasteiger partial charge >= 0.3 is 0 Å². The molecule has 3 aromatic rings. The highest BCUT2D eigenvalue weighted by Gasteiger charge is 2.03. The molecule has 0 spiro atoms. The van der Waals surface area contributed by atoms with Gasteiger partial charge in [-0.2, -0.15) is 0 Å². The third kappa shape index (κ3) is 7.62. The van der Waals surface area contributed by atoms with Crippen molar-refractivity contribution >= 4 is 0 Å². The van der Waals surface area contributed by atoms with E-state index in [1.807, 2.05) is 12.1 Å². The van der Waals surface area contributed by atoms with Crippen LogP contribution in [0.1, 0.15) is 79.3 Å². The van der Waals surface area contributed by atoms with E-state index in [1.165, 1.54) is 30.5 Å². The van der Waals surface area contributed by atoms with Gasteiger partial charge in [-0.25, -0.2) is 8.78 Å². The molecule has 0 aliphatic heterocycles. The molecule has 0 nitrogen and oxygen atoms in total. The highest BCUT2D eigenvalue weighted by molar-refractivity contribution is 5.49. The Morgan fingerprint density at radius 2 is 1.18 bits per heavy atom. The molecule has 0 heterocycles. The van der Waals surface area contributed by atoms with Crippen LogP contribution in [0.5, 0.6) is 0 Å². The Morgan fingerprint density at radius 1 is 0.576 bits per heavy atom. The molecule has 0 saturated carbocycles. The predicted octanol–water partition coefficient (Wildman–Crippen LogP) is 7.84. The molecule has 2 heteroatoms. The number of halogens is 2. The number of rotatable bonds is 7. The van der Waals surface area contributed by atoms with Crippen molar-refractivity contribution in [2.45, 2.75) is 58.8 Å². The van der Waals surface area contributed by atoms with Crippen LogP contribution in [0.2, 0.25) is 0 Å². The lowest BCUT2D eigenvalue weighted by Crippen LogP contribution is -1.92. The van der Waals surface area contributed by atoms with Crippen molar-refractivity contribution in [1.82, 2.24) is 0 Å². The van der Waals surface area contributed by atoms with E-state index in [2.05, 4.69) is 49.7 Å². The first-order valence-electron chi connectivity index (χ1n) is 11.8. The summed E-state index contributed by atoms with van der Waals surface area (Å²) in [5.74, 6) is 11.1. The second kappa shape index (κ2) is 12.6. The number of benzene rings is 3. The van der Waals surface area contributed by atoms with Crippen molar-refractivity contribution in [3.05, 3.63) is 106 Å². The third-order valence-corrected chi connectivity index (χ3v) is 5.54. The van der Waals surface area contributed by atoms with Crippen LogP contribution in [-0.2, 0) is 12.8 Å². The molecule has 0 aromatic heterocycles. The minimum Gasteiger partial charge on any atom is -0.207 e. The zero-order valence-electron chi connectivity index (χ0n) is 19.5. The first-order valence-corrected chi connectivity index (χ1v) is 11.8. The third-order valence-electron chi connectivity index (χ3n) is 5.54. The van der Waals surface area contributed by atoms with Crippen LogP contribution < -0.4 is 0 Å². The van der Waals surface area contributed by atoms with Gasteiger partial charge in [-0.3, -0.25) is 0 Å². The van der Waals surface area contributed by atoms with E-state index in [9.17, 15) is 8.78 Å². The van der Waals surface area contributed by atoms with Gasteiger partial charge < -0.3 is 0 Å². The topological polar surface area (TPSA) is 0 Å². The van der Waals surface area contributed by atoms with Gasteiger partial charge in [0.05, 0.1) is 5.56 Å². The summed E-state index contributed by atoms with van der Waals surface area (Å²) in [6.45, 7) is 4.31. The van der Waals surface area contributed by atoms with E-state index in [0.29, 0.717) is 16.7 Å². The summed E-state index contributed by atoms with van der Waals surface area (Å²) >= 11 is 0. The second-order valence-corrected chi connectivity index (χ2v) is 8.26. The van der Waals surface area contributed by atoms with Crippen molar-refractivity contribution in [3.63, 3.8) is 0 Å². The summed E-state index contributed by atoms with van der Waals surface area (Å²) in [5.41, 5.74) is 4.32. The van der Waals surface area contributed by atoms with Crippen LogP contribution in [-0.4, -0.2) is 0 Å². The molecular weight excluding hydrogens is 410 g/mol. The molecule has 0 atom stereocenters. The van der Waals surface area contributed by atoms with Gasteiger partial charge in [0.15, 0.2) is 0 Å². The summed E-state index contributed by atoms with van der Waals surface area (Å²) in [6, 6.07) is 18.0. The first kappa shape index (κ1) is 24.3. The van der Waals surface area contributed by atoms with Crippen molar-refractivity contribution in [2.24, 2.45) is 0 Å². The van der Waals surface area contributed by atoms with E-state index >= 15 is 0 Å². The lowest BCUT2D eigenvalue weighted by Gasteiger charge is -2.03. The average molecular weight is 441 g/mol. The minimum atomic E-state index is -0.430. The number of aryl methyl sites for hydroxylation is 2. The maximum absolute atomic E-state index is 14.5. The average Bonchev–Trinajstić information content (AvgIpc) is 2.83. The molecular formula is C31H30F2. The van der Waals surface area contributed by atoms with Crippen LogP contribution in [0.15, 0.2) is 60.7 Å². The van der Waals surface area contributed by atoms with Crippen LogP contribution in [0.4, 0.5) is 8.78 Å². The first-order chi connectivity index (χ1) is 16.1. The monoisotopic (exact) mass is 440 g/mol. The molecule has 0 N–H and O–H groups in total. The van der Waals surface area contributed by atoms with E-state index < -0.39 is 5.82 Å². The minimum absolute atomic E-state index is 0.248. The van der Waals surface area contributed by atoms with Gasteiger partial charge in [-0.15, -0.1) is 0 Å². The molecule has 0 aliphatic carbocycles. The summed E-state index contributed by atoms with van der Waals surface area (Å²) in [6.07, 6.45) is 7.33. The van der Waals surface area contributed by atoms with E-state index in [-0.39, 0.29) is 11.4 Å². The van der Waals surface area contributed by atoms with Crippen molar-refractivity contribution in [1.29, 1.82) is 0 Å². The second-order valence-electron chi connectivity index (χ2n) is 8.26. The normalized spacial score (nSPS) is 10.2. The van der Waals surface area contributed by atoms with Gasteiger partial charge in [-0.05, 0) is 79.3 Å². The summed E-state index contributed by atoms with van der Waals surface area (Å²) in [7, 11) is 0. The number of hydrogen-bond donors (Lipinski definition) is 0. The zero-order valence-corrected chi connectivity index (χ0v) is 19.5. The maximum Gasteiger partial charge on any atom is 0.140 e. The quantitative estimate of drug-likeness (QED) is 0.259. The highest BCUT2D eigenvalue weighted by atomic mass is 19.1. The van der Waals surface area contributed by atoms with E-state index in [0.717, 1.165) is 37.7 Å². The van der Waals surface area contributed by atoms with Crippen LogP contribution in [0.3, 0.4) is 0 Å². The predicted molar refractivity (Wildman–Crippen MR) is 133 cm³/mol. The molecule has 0 aliphatic rings. The lowest BCUT2D eigenvalue weighted by atomic mass is 10.0. The molecule has 0 saturated heterocycles. The Kier molecular flexibility index (Phi) is 9.29. The largest absolute Gasteiger partial charge is 0.207 e. The Balaban J connectivity index is 1.67. The van der Waals surface area contributed by atoms with Gasteiger partial charge in [0.2, 0.25) is 0 Å². The van der Waals surface area contributed by atoms with Crippen molar-refractivity contribution in [3.8, 4) is 23.7 Å². The Labute approximate surface area is 197 Å². The Morgan fingerprint density at radius 3 is 1.85 bits per heavy atom. The SMILES string of the molecule is CCCCCc1ccc(C#Cc2ccc(C#Cc3ccc(CCCC)cc3)cc2F)cc1F. The van der Waals surface area contributed by atoms with Gasteiger partial charge in [0.1, 0.15) is 11.6 Å². The smallest absolute Gasteiger partial charge is 0.140 e. The van der Waals surface area contributed by atoms with E-state index in [1.54, 1.807) is 24.3 Å². The van der Waals surface area contributed by atoms with Gasteiger partial charge in [0, 0.05) is 16.7 Å². The summed E-state index contributed by atoms with van der Waals surface area (Å²) in [4.78, 5) is 0. The Hall–Kier alpha value is -3.36. The van der Waals surface area contributed by atoms with Crippen LogP contribution in [0, 0.1) is 35.3 Å². The van der Waals surface area contributed by atoms with E-state index in [4.69, 9.17) is 0 Å². The van der Waals surface area contributed by atoms with Gasteiger partial charge in [-0.1, -0.05) is 75.0 Å². The maximum atomic E-state index is 14.5. The Bertz CT molecular complexity index is 1180. The fourth-order valence-corrected chi connectivity index (χ4v) is 3.51. The number of hydrogen-bond acceptors (Lipinski definition) is 0. The zero-order chi connectivity index (χ0) is 23.5. The summed E-state index contributed by atoms with van der Waals surface area (Å²) in [5, 5.41) is 0. The van der Waals surface area contributed by atoms with Gasteiger partial charge in [0.25, 0.3) is 0 Å². The van der Waals surface area contributed by atoms with Crippen molar-refractivity contribution < 1.29 is 8.78 Å². The molecule has 33 heavy (non-hydrogen) atoms.